The Morgan fingerprint density at radius 1 is 1.20 bits per heavy atom. The van der Waals surface area contributed by atoms with E-state index in [9.17, 15) is 5.11 Å². The summed E-state index contributed by atoms with van der Waals surface area (Å²) in [7, 11) is 1.53. The summed E-state index contributed by atoms with van der Waals surface area (Å²) < 4.78 is 5.25. The zero-order valence-electron chi connectivity index (χ0n) is 16.8. The number of ether oxygens (including phenoxy) is 1. The van der Waals surface area contributed by atoms with E-state index in [2.05, 4.69) is 25.5 Å². The third kappa shape index (κ3) is 5.46. The molecule has 1 aliphatic carbocycles. The maximum Gasteiger partial charge on any atom is 0.158 e. The third-order valence-corrected chi connectivity index (χ3v) is 4.74. The number of aromatic hydroxyl groups is 1. The van der Waals surface area contributed by atoms with Crippen LogP contribution in [0.5, 0.6) is 11.5 Å². The van der Waals surface area contributed by atoms with E-state index >= 15 is 0 Å². The van der Waals surface area contributed by atoms with Crippen LogP contribution in [0, 0.1) is 11.3 Å². The molecule has 1 aromatic carbocycles. The van der Waals surface area contributed by atoms with Crippen LogP contribution >= 0.6 is 0 Å². The minimum absolute atomic E-state index is 0.0812. The van der Waals surface area contributed by atoms with Gasteiger partial charge in [-0.1, -0.05) is 25.3 Å². The molecule has 5 N–H and O–H groups in total. The molecule has 2 aromatic heterocycles. The van der Waals surface area contributed by atoms with E-state index in [4.69, 9.17) is 15.7 Å². The van der Waals surface area contributed by atoms with Crippen molar-refractivity contribution in [1.82, 2.24) is 20.2 Å². The minimum Gasteiger partial charge on any atom is -0.507 e. The summed E-state index contributed by atoms with van der Waals surface area (Å²) in [5, 5.41) is 28.6. The summed E-state index contributed by atoms with van der Waals surface area (Å²) in [5.74, 6) is 1.55. The first-order valence-corrected chi connectivity index (χ1v) is 9.77. The number of hydrogen-bond acceptors (Lipinski definition) is 8. The van der Waals surface area contributed by atoms with Crippen LogP contribution in [0.25, 0.3) is 11.3 Å². The Labute approximate surface area is 174 Å². The smallest absolute Gasteiger partial charge is 0.158 e. The van der Waals surface area contributed by atoms with Gasteiger partial charge in [-0.2, -0.15) is 10.4 Å². The van der Waals surface area contributed by atoms with Crippen molar-refractivity contribution < 1.29 is 9.84 Å². The number of hydrogen-bond donors (Lipinski definition) is 4. The fraction of sp³-hybridized carbons (Fsp3) is 0.333. The number of methoxy groups -OCH3 is 1. The highest BCUT2D eigenvalue weighted by molar-refractivity contribution is 5.75. The summed E-state index contributed by atoms with van der Waals surface area (Å²) in [4.78, 5) is 7.97. The Morgan fingerprint density at radius 2 is 2.00 bits per heavy atom. The second kappa shape index (κ2) is 10.2. The largest absolute Gasteiger partial charge is 0.507 e. The zero-order valence-corrected chi connectivity index (χ0v) is 16.8. The third-order valence-electron chi connectivity index (χ3n) is 4.74. The minimum atomic E-state index is 0.0812. The molecule has 0 spiro atoms. The molecule has 0 amide bonds. The van der Waals surface area contributed by atoms with Crippen LogP contribution < -0.4 is 15.8 Å². The number of nitrogens with one attached hydrogen (secondary N) is 2. The molecule has 0 bridgehead atoms. The maximum absolute atomic E-state index is 10.0. The number of nitrogens with two attached hydrogens (primary N) is 1. The van der Waals surface area contributed by atoms with Crippen molar-refractivity contribution in [2.24, 2.45) is 5.73 Å². The summed E-state index contributed by atoms with van der Waals surface area (Å²) in [6.45, 7) is 0. The number of H-pyrrole nitrogens is 1. The molecular weight excluding hydrogens is 382 g/mol. The molecule has 4 rings (SSSR count). The van der Waals surface area contributed by atoms with Crippen LogP contribution in [0.15, 0.2) is 36.7 Å². The number of anilines is 2. The van der Waals surface area contributed by atoms with Crippen LogP contribution in [0.1, 0.15) is 37.8 Å². The highest BCUT2D eigenvalue weighted by Crippen LogP contribution is 2.37. The van der Waals surface area contributed by atoms with Crippen molar-refractivity contribution in [3.8, 4) is 28.8 Å². The molecule has 0 radical (unpaired) electrons. The monoisotopic (exact) mass is 407 g/mol. The van der Waals surface area contributed by atoms with Gasteiger partial charge in [0.15, 0.2) is 11.5 Å². The van der Waals surface area contributed by atoms with E-state index in [1.54, 1.807) is 24.3 Å². The van der Waals surface area contributed by atoms with Gasteiger partial charge in [0.1, 0.15) is 23.4 Å². The summed E-state index contributed by atoms with van der Waals surface area (Å²) in [6.07, 6.45) is 9.46. The topological polar surface area (TPSA) is 146 Å². The number of phenolic OH excluding ortho intramolecular Hbond substituents is 1. The van der Waals surface area contributed by atoms with Gasteiger partial charge >= 0.3 is 0 Å². The SMILES string of the molecule is COc1cccc(O)c1-c1cc(Nc2cnc(C#N)cn2)n[nH]1.NC1CCCCC1. The molecule has 2 heterocycles. The van der Waals surface area contributed by atoms with Gasteiger partial charge in [-0.25, -0.2) is 9.97 Å². The maximum atomic E-state index is 10.0. The second-order valence-corrected chi connectivity index (χ2v) is 6.94. The van der Waals surface area contributed by atoms with Gasteiger partial charge in [0.05, 0.1) is 30.8 Å². The Kier molecular flexibility index (Phi) is 7.19. The molecule has 156 valence electrons. The second-order valence-electron chi connectivity index (χ2n) is 6.94. The molecule has 0 aliphatic heterocycles. The number of nitriles is 1. The van der Waals surface area contributed by atoms with Crippen molar-refractivity contribution in [2.75, 3.05) is 12.4 Å². The van der Waals surface area contributed by atoms with Crippen LogP contribution in [0.3, 0.4) is 0 Å². The van der Waals surface area contributed by atoms with E-state index in [1.165, 1.54) is 51.6 Å². The number of rotatable bonds is 4. The fourth-order valence-corrected chi connectivity index (χ4v) is 3.19. The molecule has 0 atom stereocenters. The standard InChI is InChI=1S/C15H12N6O2.C6H13N/c1-23-12-4-2-3-11(22)15(12)10-5-13(21-20-10)19-14-8-17-9(6-16)7-18-14;7-6-4-2-1-3-5-6/h2-5,7-8,22H,1H3,(H2,18,19,20,21);6H,1-5,7H2. The van der Waals surface area contributed by atoms with E-state index in [-0.39, 0.29) is 11.4 Å². The van der Waals surface area contributed by atoms with Crippen molar-refractivity contribution >= 4 is 11.6 Å². The Hall–Kier alpha value is -3.64. The first-order valence-electron chi connectivity index (χ1n) is 9.77. The lowest BCUT2D eigenvalue weighted by Crippen LogP contribution is -2.22. The first kappa shape index (κ1) is 21.1. The molecule has 1 saturated carbocycles. The Balaban J connectivity index is 0.000000310. The van der Waals surface area contributed by atoms with E-state index < -0.39 is 0 Å². The average molecular weight is 407 g/mol. The molecule has 3 aromatic rings. The summed E-state index contributed by atoms with van der Waals surface area (Å²) >= 11 is 0. The lowest BCUT2D eigenvalue weighted by molar-refractivity contribution is 0.410. The lowest BCUT2D eigenvalue weighted by Gasteiger charge is -2.15. The van der Waals surface area contributed by atoms with Crippen molar-refractivity contribution in [3.63, 3.8) is 0 Å². The van der Waals surface area contributed by atoms with Crippen molar-refractivity contribution in [3.05, 3.63) is 42.4 Å². The number of nitrogens with zero attached hydrogens (tertiary/aromatic N) is 4. The van der Waals surface area contributed by atoms with Crippen molar-refractivity contribution in [2.45, 2.75) is 38.1 Å². The summed E-state index contributed by atoms with van der Waals surface area (Å²) in [6, 6.07) is 9.15. The Morgan fingerprint density at radius 3 is 2.60 bits per heavy atom. The summed E-state index contributed by atoms with van der Waals surface area (Å²) in [5.41, 5.74) is 6.97. The highest BCUT2D eigenvalue weighted by Gasteiger charge is 2.14. The van der Waals surface area contributed by atoms with Gasteiger partial charge in [-0.05, 0) is 25.0 Å². The van der Waals surface area contributed by atoms with Gasteiger partial charge in [-0.15, -0.1) is 0 Å². The van der Waals surface area contributed by atoms with Gasteiger partial charge in [0.25, 0.3) is 0 Å². The molecule has 30 heavy (non-hydrogen) atoms. The van der Waals surface area contributed by atoms with E-state index in [0.29, 0.717) is 34.7 Å². The average Bonchev–Trinajstić information content (AvgIpc) is 3.23. The quantitative estimate of drug-likeness (QED) is 0.514. The van der Waals surface area contributed by atoms with Gasteiger partial charge in [0.2, 0.25) is 0 Å². The predicted octanol–water partition coefficient (Wildman–Crippen LogP) is 3.47. The predicted molar refractivity (Wildman–Crippen MR) is 113 cm³/mol. The number of aromatic nitrogens is 4. The van der Waals surface area contributed by atoms with Crippen LogP contribution in [-0.2, 0) is 0 Å². The number of phenols is 1. The van der Waals surface area contributed by atoms with Gasteiger partial charge in [0, 0.05) is 12.1 Å². The fourth-order valence-electron chi connectivity index (χ4n) is 3.19. The molecular formula is C21H25N7O2. The Bertz CT molecular complexity index is 989. The van der Waals surface area contributed by atoms with Crippen LogP contribution in [0.2, 0.25) is 0 Å². The highest BCUT2D eigenvalue weighted by atomic mass is 16.5. The number of benzene rings is 1. The van der Waals surface area contributed by atoms with Crippen molar-refractivity contribution in [1.29, 1.82) is 5.26 Å². The van der Waals surface area contributed by atoms with E-state index in [1.807, 2.05) is 6.07 Å². The molecule has 0 saturated heterocycles. The normalized spacial score (nSPS) is 13.6. The molecule has 9 heteroatoms. The lowest BCUT2D eigenvalue weighted by atomic mass is 9.97. The van der Waals surface area contributed by atoms with E-state index in [0.717, 1.165) is 0 Å². The molecule has 1 aliphatic rings. The number of aromatic amines is 1. The van der Waals surface area contributed by atoms with Crippen LogP contribution in [0.4, 0.5) is 11.6 Å². The van der Waals surface area contributed by atoms with Crippen LogP contribution in [-0.4, -0.2) is 38.4 Å². The molecule has 9 nitrogen and oxygen atoms in total. The van der Waals surface area contributed by atoms with Gasteiger partial charge in [-0.3, -0.25) is 5.10 Å². The first-order chi connectivity index (χ1) is 14.6. The van der Waals surface area contributed by atoms with Gasteiger partial charge < -0.3 is 20.9 Å². The molecule has 0 unspecified atom stereocenters. The zero-order chi connectivity index (χ0) is 21.3. The molecule has 1 fully saturated rings.